The van der Waals surface area contributed by atoms with Gasteiger partial charge in [0.2, 0.25) is 0 Å². The molecule has 1 rings (SSSR count). The Morgan fingerprint density at radius 3 is 1.96 bits per heavy atom. The molecule has 4 nitrogen and oxygen atoms in total. The van der Waals surface area contributed by atoms with E-state index < -0.39 is 0 Å². The SMILES string of the molecule is COc1c(C(O)=C(C)C(=N)N)cc(C(C)(C)C)cc1C(C)(C)C. The molecule has 23 heavy (non-hydrogen) atoms. The monoisotopic (exact) mass is 318 g/mol. The molecule has 4 N–H and O–H groups in total. The van der Waals surface area contributed by atoms with Crippen LogP contribution >= 0.6 is 0 Å². The van der Waals surface area contributed by atoms with Crippen LogP contribution in [0.5, 0.6) is 5.75 Å². The van der Waals surface area contributed by atoms with E-state index in [1.807, 2.05) is 6.07 Å². The highest BCUT2D eigenvalue weighted by Crippen LogP contribution is 2.40. The Balaban J connectivity index is 3.88. The summed E-state index contributed by atoms with van der Waals surface area (Å²) in [7, 11) is 1.60. The second-order valence-corrected chi connectivity index (χ2v) is 7.99. The number of hydrogen-bond acceptors (Lipinski definition) is 3. The maximum Gasteiger partial charge on any atom is 0.133 e. The lowest BCUT2D eigenvalue weighted by atomic mass is 9.78. The summed E-state index contributed by atoms with van der Waals surface area (Å²) in [5.41, 5.74) is 8.35. The van der Waals surface area contributed by atoms with E-state index in [1.165, 1.54) is 0 Å². The minimum atomic E-state index is -0.150. The average Bonchev–Trinajstić information content (AvgIpc) is 2.41. The van der Waals surface area contributed by atoms with E-state index in [1.54, 1.807) is 14.0 Å². The van der Waals surface area contributed by atoms with Gasteiger partial charge in [-0.2, -0.15) is 0 Å². The Labute approximate surface area is 139 Å². The lowest BCUT2D eigenvalue weighted by molar-refractivity contribution is 0.390. The number of methoxy groups -OCH3 is 1. The maximum absolute atomic E-state index is 10.6. The zero-order valence-electron chi connectivity index (χ0n) is 15.6. The summed E-state index contributed by atoms with van der Waals surface area (Å²) in [6.07, 6.45) is 0. The van der Waals surface area contributed by atoms with Gasteiger partial charge in [-0.05, 0) is 29.4 Å². The van der Waals surface area contributed by atoms with Gasteiger partial charge in [-0.15, -0.1) is 0 Å². The summed E-state index contributed by atoms with van der Waals surface area (Å²) in [5, 5.41) is 18.2. The molecular weight excluding hydrogens is 288 g/mol. The smallest absolute Gasteiger partial charge is 0.133 e. The number of benzene rings is 1. The van der Waals surface area contributed by atoms with Gasteiger partial charge in [-0.3, -0.25) is 5.41 Å². The topological polar surface area (TPSA) is 79.3 Å². The number of aliphatic hydroxyl groups is 1. The third kappa shape index (κ3) is 4.06. The second-order valence-electron chi connectivity index (χ2n) is 7.99. The molecule has 0 saturated heterocycles. The van der Waals surface area contributed by atoms with Crippen molar-refractivity contribution in [3.8, 4) is 5.75 Å². The van der Waals surface area contributed by atoms with Crippen LogP contribution in [0.2, 0.25) is 0 Å². The number of nitrogens with one attached hydrogen (secondary N) is 1. The van der Waals surface area contributed by atoms with Gasteiger partial charge in [0, 0.05) is 11.1 Å². The third-order valence-corrected chi connectivity index (χ3v) is 3.98. The number of nitrogens with two attached hydrogens (primary N) is 1. The normalized spacial score (nSPS) is 13.6. The van der Waals surface area contributed by atoms with Crippen LogP contribution < -0.4 is 10.5 Å². The van der Waals surface area contributed by atoms with Gasteiger partial charge in [0.05, 0.1) is 12.7 Å². The molecule has 1 aromatic carbocycles. The predicted octanol–water partition coefficient (Wildman–Crippen LogP) is 4.52. The first-order valence-electron chi connectivity index (χ1n) is 7.78. The molecule has 0 aliphatic carbocycles. The standard InChI is InChI=1S/C19H30N2O2/c1-11(17(20)21)15(22)13-9-12(18(2,3)4)10-14(16(13)23-8)19(5,6)7/h9-10,22H,1-8H3,(H3,20,21). The van der Waals surface area contributed by atoms with Gasteiger partial charge in [0.15, 0.2) is 0 Å². The van der Waals surface area contributed by atoms with Crippen molar-refractivity contribution >= 4 is 11.6 Å². The molecule has 0 aliphatic rings. The number of hydrogen-bond donors (Lipinski definition) is 3. The molecule has 0 amide bonds. The fraction of sp³-hybridized carbons (Fsp3) is 0.526. The molecule has 0 fully saturated rings. The van der Waals surface area contributed by atoms with Crippen molar-refractivity contribution in [1.82, 2.24) is 0 Å². The molecule has 0 radical (unpaired) electrons. The van der Waals surface area contributed by atoms with Crippen molar-refractivity contribution in [2.75, 3.05) is 7.11 Å². The lowest BCUT2D eigenvalue weighted by Crippen LogP contribution is -2.19. The van der Waals surface area contributed by atoms with E-state index in [2.05, 4.69) is 47.6 Å². The van der Waals surface area contributed by atoms with Crippen LogP contribution in [0.3, 0.4) is 0 Å². The highest BCUT2D eigenvalue weighted by molar-refractivity contribution is 6.00. The van der Waals surface area contributed by atoms with Crippen molar-refractivity contribution in [3.05, 3.63) is 34.4 Å². The molecular formula is C19H30N2O2. The van der Waals surface area contributed by atoms with Crippen molar-refractivity contribution in [2.45, 2.75) is 59.3 Å². The molecule has 0 spiro atoms. The zero-order valence-corrected chi connectivity index (χ0v) is 15.6. The Morgan fingerprint density at radius 2 is 1.61 bits per heavy atom. The fourth-order valence-corrected chi connectivity index (χ4v) is 2.34. The Bertz CT molecular complexity index is 645. The van der Waals surface area contributed by atoms with Crippen molar-refractivity contribution < 1.29 is 9.84 Å². The van der Waals surface area contributed by atoms with Crippen molar-refractivity contribution in [3.63, 3.8) is 0 Å². The first-order valence-corrected chi connectivity index (χ1v) is 7.78. The number of rotatable bonds is 3. The van der Waals surface area contributed by atoms with Gasteiger partial charge in [0.1, 0.15) is 17.3 Å². The van der Waals surface area contributed by atoms with E-state index in [9.17, 15) is 5.11 Å². The van der Waals surface area contributed by atoms with Crippen LogP contribution in [-0.2, 0) is 10.8 Å². The average molecular weight is 318 g/mol. The Kier molecular flexibility index (Phi) is 5.20. The number of aliphatic hydroxyl groups excluding tert-OH is 1. The molecule has 0 aromatic heterocycles. The quantitative estimate of drug-likeness (QED) is 0.435. The molecule has 4 heteroatoms. The lowest BCUT2D eigenvalue weighted by Gasteiger charge is -2.29. The van der Waals surface area contributed by atoms with Crippen molar-refractivity contribution in [2.24, 2.45) is 5.73 Å². The van der Waals surface area contributed by atoms with Crippen LogP contribution in [0.25, 0.3) is 5.76 Å². The molecule has 128 valence electrons. The summed E-state index contributed by atoms with van der Waals surface area (Å²) in [6.45, 7) is 14.4. The van der Waals surface area contributed by atoms with Gasteiger partial charge < -0.3 is 15.6 Å². The van der Waals surface area contributed by atoms with E-state index in [4.69, 9.17) is 15.9 Å². The Morgan fingerprint density at radius 1 is 1.09 bits per heavy atom. The molecule has 0 aliphatic heterocycles. The molecule has 0 unspecified atom stereocenters. The van der Waals surface area contributed by atoms with E-state index in [-0.39, 0.29) is 22.4 Å². The van der Waals surface area contributed by atoms with Gasteiger partial charge >= 0.3 is 0 Å². The minimum absolute atomic E-state index is 0.00838. The van der Waals surface area contributed by atoms with Crippen LogP contribution in [0.1, 0.15) is 65.2 Å². The van der Waals surface area contributed by atoms with Crippen LogP contribution in [0.15, 0.2) is 17.7 Å². The summed E-state index contributed by atoms with van der Waals surface area (Å²) in [4.78, 5) is 0. The van der Waals surface area contributed by atoms with Gasteiger partial charge in [-0.1, -0.05) is 47.6 Å². The highest BCUT2D eigenvalue weighted by atomic mass is 16.5. The summed E-state index contributed by atoms with van der Waals surface area (Å²) >= 11 is 0. The first kappa shape index (κ1) is 19.1. The summed E-state index contributed by atoms with van der Waals surface area (Å²) in [6, 6.07) is 4.06. The largest absolute Gasteiger partial charge is 0.507 e. The molecule has 0 saturated carbocycles. The molecule has 0 heterocycles. The number of ether oxygens (including phenoxy) is 1. The molecule has 0 bridgehead atoms. The van der Waals surface area contributed by atoms with Crippen LogP contribution in [0.4, 0.5) is 0 Å². The summed E-state index contributed by atoms with van der Waals surface area (Å²) < 4.78 is 5.62. The summed E-state index contributed by atoms with van der Waals surface area (Å²) in [5.74, 6) is 0.470. The van der Waals surface area contributed by atoms with E-state index >= 15 is 0 Å². The maximum atomic E-state index is 10.6. The zero-order chi connectivity index (χ0) is 18.2. The third-order valence-electron chi connectivity index (χ3n) is 3.98. The van der Waals surface area contributed by atoms with E-state index in [0.717, 1.165) is 11.1 Å². The highest BCUT2D eigenvalue weighted by Gasteiger charge is 2.27. The first-order chi connectivity index (χ1) is 10.3. The Hall–Kier alpha value is -1.97. The molecule has 0 atom stereocenters. The fourth-order valence-electron chi connectivity index (χ4n) is 2.34. The minimum Gasteiger partial charge on any atom is -0.507 e. The van der Waals surface area contributed by atoms with Crippen LogP contribution in [0, 0.1) is 5.41 Å². The number of amidine groups is 1. The van der Waals surface area contributed by atoms with E-state index in [0.29, 0.717) is 16.9 Å². The second kappa shape index (κ2) is 6.26. The predicted molar refractivity (Wildman–Crippen MR) is 97.5 cm³/mol. The van der Waals surface area contributed by atoms with Crippen molar-refractivity contribution in [1.29, 1.82) is 5.41 Å². The van der Waals surface area contributed by atoms with Crippen LogP contribution in [-0.4, -0.2) is 18.1 Å². The van der Waals surface area contributed by atoms with Gasteiger partial charge in [-0.25, -0.2) is 0 Å². The van der Waals surface area contributed by atoms with Gasteiger partial charge in [0.25, 0.3) is 0 Å². The molecule has 1 aromatic rings.